The van der Waals surface area contributed by atoms with Crippen molar-refractivity contribution in [2.24, 2.45) is 0 Å². The molecule has 0 spiro atoms. The molecule has 0 unspecified atom stereocenters. The number of hydrogen-bond donors (Lipinski definition) is 1. The zero-order valence-electron chi connectivity index (χ0n) is 10.0. The minimum absolute atomic E-state index is 0.0451. The number of ether oxygens (including phenoxy) is 2. The van der Waals surface area contributed by atoms with Gasteiger partial charge in [-0.1, -0.05) is 0 Å². The fourth-order valence-electron chi connectivity index (χ4n) is 1.10. The molecular formula is C10H14F3N3O2. The predicted molar refractivity (Wildman–Crippen MR) is 58.6 cm³/mol. The minimum atomic E-state index is -4.61. The van der Waals surface area contributed by atoms with Gasteiger partial charge in [-0.2, -0.15) is 18.2 Å². The molecule has 0 atom stereocenters. The Kier molecular flexibility index (Phi) is 5.14. The monoisotopic (exact) mass is 265 g/mol. The van der Waals surface area contributed by atoms with Crippen LogP contribution in [-0.2, 0) is 10.9 Å². The van der Waals surface area contributed by atoms with E-state index in [1.54, 1.807) is 0 Å². The van der Waals surface area contributed by atoms with Gasteiger partial charge in [-0.15, -0.1) is 0 Å². The zero-order valence-corrected chi connectivity index (χ0v) is 10.0. The summed E-state index contributed by atoms with van der Waals surface area (Å²) in [6.45, 7) is 2.75. The number of halogens is 3. The maximum Gasteiger partial charge on any atom is 0.451 e. The van der Waals surface area contributed by atoms with Crippen molar-refractivity contribution < 1.29 is 22.6 Å². The topological polar surface area (TPSA) is 56.3 Å². The average Bonchev–Trinajstić information content (AvgIpc) is 2.33. The molecule has 0 aliphatic carbocycles. The second-order valence-corrected chi connectivity index (χ2v) is 3.21. The Labute approximate surface area is 102 Å². The predicted octanol–water partition coefficient (Wildman–Crippen LogP) is 1.95. The van der Waals surface area contributed by atoms with Crippen molar-refractivity contribution in [3.05, 3.63) is 11.9 Å². The van der Waals surface area contributed by atoms with Gasteiger partial charge in [0.05, 0.1) is 6.61 Å². The van der Waals surface area contributed by atoms with Crippen LogP contribution in [0.25, 0.3) is 0 Å². The fraction of sp³-hybridized carbons (Fsp3) is 0.600. The molecule has 18 heavy (non-hydrogen) atoms. The van der Waals surface area contributed by atoms with E-state index in [2.05, 4.69) is 15.3 Å². The number of aromatic nitrogens is 2. The molecule has 8 heteroatoms. The Balaban J connectivity index is 2.78. The third kappa shape index (κ3) is 4.36. The van der Waals surface area contributed by atoms with E-state index < -0.39 is 12.0 Å². The number of nitrogens with zero attached hydrogens (tertiary/aromatic N) is 2. The molecule has 1 aromatic heterocycles. The summed E-state index contributed by atoms with van der Waals surface area (Å²) in [4.78, 5) is 6.61. The molecule has 102 valence electrons. The van der Waals surface area contributed by atoms with E-state index in [0.29, 0.717) is 6.61 Å². The Morgan fingerprint density at radius 3 is 2.56 bits per heavy atom. The van der Waals surface area contributed by atoms with Gasteiger partial charge in [-0.25, -0.2) is 4.98 Å². The molecule has 1 aromatic rings. The highest BCUT2D eigenvalue weighted by atomic mass is 19.4. The molecule has 0 amide bonds. The molecule has 0 aromatic carbocycles. The van der Waals surface area contributed by atoms with E-state index >= 15 is 0 Å². The lowest BCUT2D eigenvalue weighted by atomic mass is 10.5. The second-order valence-electron chi connectivity index (χ2n) is 3.21. The third-order valence-electron chi connectivity index (χ3n) is 1.89. The SMILES string of the molecule is CCOCCOc1cc(NC)nc(C(F)(F)F)n1. The summed E-state index contributed by atoms with van der Waals surface area (Å²) >= 11 is 0. The van der Waals surface area contributed by atoms with Crippen molar-refractivity contribution in [3.8, 4) is 5.88 Å². The molecule has 1 heterocycles. The first-order valence-electron chi connectivity index (χ1n) is 5.32. The van der Waals surface area contributed by atoms with Crippen molar-refractivity contribution in [3.63, 3.8) is 0 Å². The van der Waals surface area contributed by atoms with Crippen LogP contribution in [0.5, 0.6) is 5.88 Å². The molecular weight excluding hydrogens is 251 g/mol. The Morgan fingerprint density at radius 2 is 2.00 bits per heavy atom. The first-order chi connectivity index (χ1) is 8.47. The number of anilines is 1. The van der Waals surface area contributed by atoms with E-state index in [9.17, 15) is 13.2 Å². The normalized spacial score (nSPS) is 11.4. The van der Waals surface area contributed by atoms with Crippen LogP contribution in [0.1, 0.15) is 12.7 Å². The molecule has 0 bridgehead atoms. The van der Waals surface area contributed by atoms with Crippen molar-refractivity contribution in [2.45, 2.75) is 13.1 Å². The summed E-state index contributed by atoms with van der Waals surface area (Å²) in [6, 6.07) is 1.29. The van der Waals surface area contributed by atoms with Gasteiger partial charge in [0.1, 0.15) is 12.4 Å². The van der Waals surface area contributed by atoms with Crippen LogP contribution in [-0.4, -0.2) is 36.8 Å². The lowest BCUT2D eigenvalue weighted by Gasteiger charge is -2.10. The summed E-state index contributed by atoms with van der Waals surface area (Å²) in [5, 5.41) is 2.52. The van der Waals surface area contributed by atoms with Gasteiger partial charge in [0.15, 0.2) is 0 Å². The summed E-state index contributed by atoms with van der Waals surface area (Å²) < 4.78 is 47.6. The molecule has 0 saturated heterocycles. The maximum atomic E-state index is 12.5. The van der Waals surface area contributed by atoms with Gasteiger partial charge < -0.3 is 14.8 Å². The standard InChI is InChI=1S/C10H14F3N3O2/c1-3-17-4-5-18-8-6-7(14-2)15-9(16-8)10(11,12)13/h6H,3-5H2,1-2H3,(H,14,15,16). The van der Waals surface area contributed by atoms with Crippen LogP contribution in [0.3, 0.4) is 0 Å². The minimum Gasteiger partial charge on any atom is -0.475 e. The Bertz CT molecular complexity index is 385. The zero-order chi connectivity index (χ0) is 13.6. The van der Waals surface area contributed by atoms with Crippen molar-refractivity contribution in [2.75, 3.05) is 32.2 Å². The quantitative estimate of drug-likeness (QED) is 0.797. The molecule has 0 saturated carbocycles. The van der Waals surface area contributed by atoms with Gasteiger partial charge in [-0.05, 0) is 6.92 Å². The van der Waals surface area contributed by atoms with Crippen LogP contribution in [0, 0.1) is 0 Å². The van der Waals surface area contributed by atoms with Gasteiger partial charge in [-0.3, -0.25) is 0 Å². The molecule has 5 nitrogen and oxygen atoms in total. The number of hydrogen-bond acceptors (Lipinski definition) is 5. The smallest absolute Gasteiger partial charge is 0.451 e. The van der Waals surface area contributed by atoms with Gasteiger partial charge >= 0.3 is 6.18 Å². The van der Waals surface area contributed by atoms with Gasteiger partial charge in [0.2, 0.25) is 11.7 Å². The highest BCUT2D eigenvalue weighted by Gasteiger charge is 2.35. The summed E-state index contributed by atoms with van der Waals surface area (Å²) in [5.41, 5.74) is 0. The van der Waals surface area contributed by atoms with E-state index in [-0.39, 0.29) is 24.9 Å². The molecule has 1 rings (SSSR count). The summed E-state index contributed by atoms with van der Waals surface area (Å²) in [7, 11) is 1.46. The molecule has 0 aliphatic rings. The fourth-order valence-corrected chi connectivity index (χ4v) is 1.10. The lowest BCUT2D eigenvalue weighted by Crippen LogP contribution is -2.14. The number of rotatable bonds is 6. The number of nitrogens with one attached hydrogen (secondary N) is 1. The lowest BCUT2D eigenvalue weighted by molar-refractivity contribution is -0.145. The second kappa shape index (κ2) is 6.39. The van der Waals surface area contributed by atoms with Crippen LogP contribution in [0.4, 0.5) is 19.0 Å². The number of alkyl halides is 3. The highest BCUT2D eigenvalue weighted by Crippen LogP contribution is 2.28. The van der Waals surface area contributed by atoms with Crippen molar-refractivity contribution in [1.29, 1.82) is 0 Å². The van der Waals surface area contributed by atoms with E-state index in [1.807, 2.05) is 6.92 Å². The van der Waals surface area contributed by atoms with E-state index in [4.69, 9.17) is 9.47 Å². The summed E-state index contributed by atoms with van der Waals surface area (Å²) in [5.74, 6) is -1.33. The average molecular weight is 265 g/mol. The van der Waals surface area contributed by atoms with Gasteiger partial charge in [0.25, 0.3) is 0 Å². The maximum absolute atomic E-state index is 12.5. The first-order valence-corrected chi connectivity index (χ1v) is 5.32. The first kappa shape index (κ1) is 14.5. The van der Waals surface area contributed by atoms with Crippen LogP contribution in [0.2, 0.25) is 0 Å². The summed E-state index contributed by atoms with van der Waals surface area (Å²) in [6.07, 6.45) is -4.61. The van der Waals surface area contributed by atoms with Crippen LogP contribution < -0.4 is 10.1 Å². The largest absolute Gasteiger partial charge is 0.475 e. The van der Waals surface area contributed by atoms with E-state index in [0.717, 1.165) is 0 Å². The van der Waals surface area contributed by atoms with Crippen LogP contribution >= 0.6 is 0 Å². The molecule has 0 fully saturated rings. The molecule has 1 N–H and O–H groups in total. The van der Waals surface area contributed by atoms with Gasteiger partial charge in [0, 0.05) is 19.7 Å². The Hall–Kier alpha value is -1.57. The Morgan fingerprint density at radius 1 is 1.28 bits per heavy atom. The highest BCUT2D eigenvalue weighted by molar-refractivity contribution is 5.38. The third-order valence-corrected chi connectivity index (χ3v) is 1.89. The van der Waals surface area contributed by atoms with Crippen LogP contribution in [0.15, 0.2) is 6.07 Å². The van der Waals surface area contributed by atoms with Crippen molar-refractivity contribution >= 4 is 5.82 Å². The van der Waals surface area contributed by atoms with E-state index in [1.165, 1.54) is 13.1 Å². The van der Waals surface area contributed by atoms with Crippen molar-refractivity contribution in [1.82, 2.24) is 9.97 Å². The molecule has 0 aliphatic heterocycles. The molecule has 0 radical (unpaired) electrons.